The van der Waals surface area contributed by atoms with E-state index in [1.807, 2.05) is 55.1 Å². The predicted molar refractivity (Wildman–Crippen MR) is 217 cm³/mol. The molecule has 4 amide bonds. The highest BCUT2D eigenvalue weighted by Gasteiger charge is 2.50. The summed E-state index contributed by atoms with van der Waals surface area (Å²) < 4.78 is 22.2. The van der Waals surface area contributed by atoms with Crippen LogP contribution < -0.4 is 20.1 Å². The number of benzene rings is 2. The highest BCUT2D eigenvalue weighted by Crippen LogP contribution is 2.46. The summed E-state index contributed by atoms with van der Waals surface area (Å²) >= 11 is 0. The number of aromatic amines is 2. The summed E-state index contributed by atoms with van der Waals surface area (Å²) in [5.41, 5.74) is 7.48. The average Bonchev–Trinajstić information content (AvgIpc) is 3.83. The molecule has 310 valence electrons. The zero-order valence-corrected chi connectivity index (χ0v) is 34.1. The Bertz CT molecular complexity index is 2310. The van der Waals surface area contributed by atoms with Crippen molar-refractivity contribution in [2.45, 2.75) is 65.2 Å². The van der Waals surface area contributed by atoms with E-state index in [4.69, 9.17) is 14.2 Å². The molecule has 59 heavy (non-hydrogen) atoms. The monoisotopic (exact) mass is 806 g/mol. The van der Waals surface area contributed by atoms with E-state index in [1.54, 1.807) is 17.3 Å². The van der Waals surface area contributed by atoms with Gasteiger partial charge in [0, 0.05) is 46.0 Å². The molecular formula is C43H50N8O8. The van der Waals surface area contributed by atoms with Gasteiger partial charge in [-0.2, -0.15) is 0 Å². The van der Waals surface area contributed by atoms with Crippen molar-refractivity contribution in [3.05, 3.63) is 71.6 Å². The van der Waals surface area contributed by atoms with Gasteiger partial charge in [-0.05, 0) is 42.7 Å². The first-order chi connectivity index (χ1) is 28.4. The van der Waals surface area contributed by atoms with Crippen molar-refractivity contribution in [3.63, 3.8) is 0 Å². The number of methoxy groups -OCH3 is 2. The van der Waals surface area contributed by atoms with Gasteiger partial charge in [0.25, 0.3) is 0 Å². The van der Waals surface area contributed by atoms with Gasteiger partial charge in [-0.15, -0.1) is 0 Å². The number of hydrogen-bond donors (Lipinski definition) is 4. The van der Waals surface area contributed by atoms with Crippen LogP contribution in [0.15, 0.2) is 48.8 Å². The van der Waals surface area contributed by atoms with Gasteiger partial charge in [0.1, 0.15) is 48.9 Å². The first kappa shape index (κ1) is 39.5. The highest BCUT2D eigenvalue weighted by molar-refractivity contribution is 5.98. The molecule has 16 heteroatoms. The maximum absolute atomic E-state index is 13.9. The third-order valence-electron chi connectivity index (χ3n) is 12.1. The highest BCUT2D eigenvalue weighted by atomic mass is 16.5. The molecule has 2 fully saturated rings. The fourth-order valence-corrected chi connectivity index (χ4v) is 8.56. The van der Waals surface area contributed by atoms with Crippen molar-refractivity contribution in [1.82, 2.24) is 40.4 Å². The van der Waals surface area contributed by atoms with Crippen LogP contribution in [0.5, 0.6) is 11.5 Å². The second kappa shape index (κ2) is 16.1. The number of fused-ring (bicyclic) bond motifs is 4. The number of nitrogens with zero attached hydrogens (tertiary/aromatic N) is 4. The van der Waals surface area contributed by atoms with Crippen LogP contribution in [0, 0.1) is 17.8 Å². The standard InChI is InChI=1S/C43H50N8O8/c1-22(2)38(49-43(55)57-6)41(53)51(39-23(3)24(39)4)19-36-44-16-31(47-36)25-9-11-27-29-21-59-35-15-26(10-12-28(35)30(29)20-58-34(27)14-25)32-17-45-40(48-32)33-8-7-13-50(33)37(52)18-46-42(54)56-5/h9-12,14-17,22-24,33,38-39H,7-8,13,18-21H2,1-6H3,(H,44,47)(H,45,48)(H,46,54)(H,49,55). The van der Waals surface area contributed by atoms with Gasteiger partial charge in [-0.1, -0.05) is 52.0 Å². The summed E-state index contributed by atoms with van der Waals surface area (Å²) in [7, 11) is 2.55. The molecule has 2 aromatic carbocycles. The summed E-state index contributed by atoms with van der Waals surface area (Å²) in [4.78, 5) is 70.1. The lowest BCUT2D eigenvalue weighted by Crippen LogP contribution is -2.52. The lowest BCUT2D eigenvalue weighted by atomic mass is 9.89. The van der Waals surface area contributed by atoms with Crippen molar-refractivity contribution in [2.24, 2.45) is 17.8 Å². The molecule has 4 atom stereocenters. The Morgan fingerprint density at radius 1 is 0.881 bits per heavy atom. The van der Waals surface area contributed by atoms with E-state index in [-0.39, 0.29) is 42.9 Å². The molecule has 8 rings (SSSR count). The minimum absolute atomic E-state index is 0.0422. The van der Waals surface area contributed by atoms with Crippen LogP contribution in [-0.2, 0) is 25.6 Å². The average molecular weight is 807 g/mol. The number of aromatic nitrogens is 4. The van der Waals surface area contributed by atoms with Crippen LogP contribution in [0.1, 0.15) is 69.4 Å². The Balaban J connectivity index is 0.968. The van der Waals surface area contributed by atoms with Crippen LogP contribution in [0.2, 0.25) is 0 Å². The maximum atomic E-state index is 13.9. The van der Waals surface area contributed by atoms with E-state index in [1.165, 1.54) is 14.2 Å². The summed E-state index contributed by atoms with van der Waals surface area (Å²) in [6.07, 6.45) is 3.87. The first-order valence-corrected chi connectivity index (χ1v) is 20.1. The number of carbonyl (C=O) groups excluding carboxylic acids is 4. The number of ether oxygens (including phenoxy) is 4. The van der Waals surface area contributed by atoms with Crippen LogP contribution in [0.4, 0.5) is 9.59 Å². The molecule has 4 aliphatic rings. The number of H-pyrrole nitrogens is 2. The van der Waals surface area contributed by atoms with Crippen LogP contribution in [0.3, 0.4) is 0 Å². The Kier molecular flexibility index (Phi) is 10.8. The van der Waals surface area contributed by atoms with Crippen LogP contribution in [0.25, 0.3) is 33.7 Å². The topological polar surface area (TPSA) is 193 Å². The molecule has 16 nitrogen and oxygen atoms in total. The molecule has 0 bridgehead atoms. The second-order valence-electron chi connectivity index (χ2n) is 16.0. The molecule has 0 radical (unpaired) electrons. The Morgan fingerprint density at radius 2 is 1.49 bits per heavy atom. The minimum Gasteiger partial charge on any atom is -0.488 e. The second-order valence-corrected chi connectivity index (χ2v) is 16.0. The van der Waals surface area contributed by atoms with Crippen LogP contribution in [-0.4, -0.2) is 106 Å². The normalized spacial score (nSPS) is 20.7. The molecule has 1 saturated carbocycles. The van der Waals surface area contributed by atoms with Gasteiger partial charge in [-0.25, -0.2) is 19.6 Å². The Hall–Kier alpha value is -6.32. The number of nitrogens with one attached hydrogen (secondary N) is 4. The predicted octanol–water partition coefficient (Wildman–Crippen LogP) is 5.55. The Labute approximate surface area is 342 Å². The molecule has 4 N–H and O–H groups in total. The third-order valence-corrected chi connectivity index (χ3v) is 12.1. The van der Waals surface area contributed by atoms with Crippen molar-refractivity contribution >= 4 is 35.1 Å². The van der Waals surface area contributed by atoms with E-state index < -0.39 is 18.2 Å². The number of likely N-dealkylation sites (tertiary alicyclic amines) is 1. The number of carbonyl (C=O) groups is 4. The van der Waals surface area contributed by atoms with Gasteiger partial charge in [-0.3, -0.25) is 9.59 Å². The summed E-state index contributed by atoms with van der Waals surface area (Å²) in [5.74, 6) is 3.01. The zero-order chi connectivity index (χ0) is 41.5. The number of alkyl carbamates (subject to hydrolysis) is 2. The van der Waals surface area contributed by atoms with E-state index in [0.29, 0.717) is 43.2 Å². The van der Waals surface area contributed by atoms with Crippen molar-refractivity contribution in [2.75, 3.05) is 40.5 Å². The molecule has 5 heterocycles. The van der Waals surface area contributed by atoms with Crippen molar-refractivity contribution in [3.8, 4) is 34.0 Å². The molecule has 1 aliphatic carbocycles. The van der Waals surface area contributed by atoms with Crippen molar-refractivity contribution in [1.29, 1.82) is 0 Å². The summed E-state index contributed by atoms with van der Waals surface area (Å²) in [6, 6.07) is 11.3. The molecular weight excluding hydrogens is 757 g/mol. The number of hydrogen-bond acceptors (Lipinski definition) is 10. The Morgan fingerprint density at radius 3 is 2.08 bits per heavy atom. The molecule has 1 saturated heterocycles. The molecule has 3 aliphatic heterocycles. The van der Waals surface area contributed by atoms with Gasteiger partial charge < -0.3 is 49.3 Å². The number of amides is 4. The van der Waals surface area contributed by atoms with Gasteiger partial charge in [0.15, 0.2) is 0 Å². The SMILES string of the molecule is COC(=O)NCC(=O)N1CCCC1c1ncc(-c2ccc3c(c2)OCC2=C3COc3cc(-c4cnc(CN(C(=O)C(NC(=O)OC)C(C)C)C5C(C)C5C)[nH]4)ccc32)[nH]1. The van der Waals surface area contributed by atoms with E-state index >= 15 is 0 Å². The zero-order valence-electron chi connectivity index (χ0n) is 34.1. The smallest absolute Gasteiger partial charge is 0.407 e. The molecule has 4 aromatic rings. The third kappa shape index (κ3) is 7.70. The van der Waals surface area contributed by atoms with E-state index in [9.17, 15) is 19.2 Å². The van der Waals surface area contributed by atoms with E-state index in [0.717, 1.165) is 69.1 Å². The fourth-order valence-electron chi connectivity index (χ4n) is 8.56. The summed E-state index contributed by atoms with van der Waals surface area (Å²) in [6.45, 7) is 9.56. The van der Waals surface area contributed by atoms with Gasteiger partial charge in [0.05, 0.1) is 50.6 Å². The summed E-state index contributed by atoms with van der Waals surface area (Å²) in [5, 5.41) is 5.19. The minimum atomic E-state index is -0.727. The molecule has 2 aromatic heterocycles. The lowest BCUT2D eigenvalue weighted by Gasteiger charge is -2.30. The van der Waals surface area contributed by atoms with E-state index in [2.05, 4.69) is 49.2 Å². The molecule has 4 unspecified atom stereocenters. The van der Waals surface area contributed by atoms with Gasteiger partial charge in [0.2, 0.25) is 11.8 Å². The van der Waals surface area contributed by atoms with Crippen LogP contribution >= 0.6 is 0 Å². The largest absolute Gasteiger partial charge is 0.488 e. The fraction of sp³-hybridized carbons (Fsp3) is 0.442. The van der Waals surface area contributed by atoms with Gasteiger partial charge >= 0.3 is 12.2 Å². The quantitative estimate of drug-likeness (QED) is 0.150. The first-order valence-electron chi connectivity index (χ1n) is 20.1. The number of rotatable bonds is 11. The molecule has 0 spiro atoms. The number of imidazole rings is 2. The lowest BCUT2D eigenvalue weighted by molar-refractivity contribution is -0.136. The van der Waals surface area contributed by atoms with Crippen molar-refractivity contribution < 1.29 is 38.1 Å². The maximum Gasteiger partial charge on any atom is 0.407 e.